The smallest absolute Gasteiger partial charge is 0.247 e. The molecule has 1 aliphatic heterocycles. The van der Waals surface area contributed by atoms with Crippen LogP contribution in [-0.2, 0) is 11.3 Å². The standard InChI is InChI=1S/C18H21Cl2FN4O/c1-12-16(20)11-25(22-12)13(2)18(26)24-8-6-23(7-9-24)10-14-15(19)4-3-5-17(14)21/h3-5,11,13H,6-10H2,1-2H3. The largest absolute Gasteiger partial charge is 0.338 e. The molecule has 140 valence electrons. The molecule has 1 atom stereocenters. The molecule has 0 bridgehead atoms. The van der Waals surface area contributed by atoms with E-state index in [-0.39, 0.29) is 11.7 Å². The molecule has 0 N–H and O–H groups in total. The van der Waals surface area contributed by atoms with Crippen molar-refractivity contribution in [2.24, 2.45) is 0 Å². The number of aromatic nitrogens is 2. The first-order chi connectivity index (χ1) is 12.4. The number of carbonyl (C=O) groups is 1. The van der Waals surface area contributed by atoms with Gasteiger partial charge < -0.3 is 4.90 Å². The first kappa shape index (κ1) is 19.1. The van der Waals surface area contributed by atoms with Crippen molar-refractivity contribution in [3.05, 3.63) is 51.5 Å². The summed E-state index contributed by atoms with van der Waals surface area (Å²) in [6.07, 6.45) is 1.68. The number of hydrogen-bond donors (Lipinski definition) is 0. The number of piperazine rings is 1. The van der Waals surface area contributed by atoms with Gasteiger partial charge in [0.2, 0.25) is 5.91 Å². The van der Waals surface area contributed by atoms with Crippen LogP contribution in [0.3, 0.4) is 0 Å². The molecule has 0 radical (unpaired) electrons. The van der Waals surface area contributed by atoms with E-state index in [0.717, 1.165) is 0 Å². The second-order valence-corrected chi connectivity index (χ2v) is 7.33. The number of nitrogens with zero attached hydrogens (tertiary/aromatic N) is 4. The molecule has 1 unspecified atom stereocenters. The zero-order valence-corrected chi connectivity index (χ0v) is 16.3. The molecule has 8 heteroatoms. The van der Waals surface area contributed by atoms with Gasteiger partial charge in [0.1, 0.15) is 11.9 Å². The Labute approximate surface area is 162 Å². The molecule has 0 spiro atoms. The summed E-state index contributed by atoms with van der Waals surface area (Å²) in [7, 11) is 0. The SMILES string of the molecule is Cc1nn(C(C)C(=O)N2CCN(Cc3c(F)cccc3Cl)CC2)cc1Cl. The van der Waals surface area contributed by atoms with E-state index in [1.165, 1.54) is 6.07 Å². The van der Waals surface area contributed by atoms with Crippen LogP contribution in [0.2, 0.25) is 10.0 Å². The molecule has 1 aromatic carbocycles. The monoisotopic (exact) mass is 398 g/mol. The van der Waals surface area contributed by atoms with Gasteiger partial charge in [-0.15, -0.1) is 0 Å². The highest BCUT2D eigenvalue weighted by Gasteiger charge is 2.27. The van der Waals surface area contributed by atoms with Crippen molar-refractivity contribution in [1.29, 1.82) is 0 Å². The van der Waals surface area contributed by atoms with Crippen molar-refractivity contribution < 1.29 is 9.18 Å². The van der Waals surface area contributed by atoms with Gasteiger partial charge in [-0.3, -0.25) is 14.4 Å². The molecule has 0 saturated carbocycles. The number of rotatable bonds is 4. The summed E-state index contributed by atoms with van der Waals surface area (Å²) >= 11 is 12.1. The second-order valence-electron chi connectivity index (χ2n) is 6.52. The number of halogens is 3. The van der Waals surface area contributed by atoms with Gasteiger partial charge in [-0.25, -0.2) is 4.39 Å². The van der Waals surface area contributed by atoms with E-state index in [9.17, 15) is 9.18 Å². The molecule has 3 rings (SSSR count). The Balaban J connectivity index is 1.58. The maximum Gasteiger partial charge on any atom is 0.247 e. The first-order valence-corrected chi connectivity index (χ1v) is 9.27. The van der Waals surface area contributed by atoms with Crippen molar-refractivity contribution in [2.45, 2.75) is 26.4 Å². The molecule has 2 aromatic rings. The Morgan fingerprint density at radius 1 is 1.23 bits per heavy atom. The number of benzene rings is 1. The number of carbonyl (C=O) groups excluding carboxylic acids is 1. The van der Waals surface area contributed by atoms with Gasteiger partial charge in [0, 0.05) is 49.5 Å². The molecular formula is C18H21Cl2FN4O. The highest BCUT2D eigenvalue weighted by molar-refractivity contribution is 6.31. The van der Waals surface area contributed by atoms with Crippen molar-refractivity contribution in [3.8, 4) is 0 Å². The third-order valence-electron chi connectivity index (χ3n) is 4.74. The zero-order chi connectivity index (χ0) is 18.8. The lowest BCUT2D eigenvalue weighted by Crippen LogP contribution is -2.50. The maximum atomic E-state index is 13.9. The van der Waals surface area contributed by atoms with E-state index in [1.807, 2.05) is 18.7 Å². The minimum Gasteiger partial charge on any atom is -0.338 e. The van der Waals surface area contributed by atoms with E-state index < -0.39 is 6.04 Å². The van der Waals surface area contributed by atoms with Crippen LogP contribution in [-0.4, -0.2) is 51.7 Å². The molecular weight excluding hydrogens is 378 g/mol. The quantitative estimate of drug-likeness (QED) is 0.790. The van der Waals surface area contributed by atoms with Gasteiger partial charge in [0.15, 0.2) is 0 Å². The summed E-state index contributed by atoms with van der Waals surface area (Å²) < 4.78 is 15.5. The number of aryl methyl sites for hydroxylation is 1. The van der Waals surface area contributed by atoms with Gasteiger partial charge in [-0.2, -0.15) is 5.10 Å². The van der Waals surface area contributed by atoms with E-state index in [1.54, 1.807) is 23.0 Å². The van der Waals surface area contributed by atoms with Gasteiger partial charge in [-0.1, -0.05) is 29.3 Å². The summed E-state index contributed by atoms with van der Waals surface area (Å²) in [6.45, 7) is 6.58. The van der Waals surface area contributed by atoms with Gasteiger partial charge in [0.05, 0.1) is 10.7 Å². The predicted molar refractivity (Wildman–Crippen MR) is 100.0 cm³/mol. The minimum absolute atomic E-state index is 0.00717. The Kier molecular flexibility index (Phi) is 5.85. The van der Waals surface area contributed by atoms with E-state index >= 15 is 0 Å². The van der Waals surface area contributed by atoms with Crippen LogP contribution in [0.1, 0.15) is 24.2 Å². The summed E-state index contributed by atoms with van der Waals surface area (Å²) in [4.78, 5) is 16.6. The van der Waals surface area contributed by atoms with Gasteiger partial charge in [-0.05, 0) is 26.0 Å². The fraction of sp³-hybridized carbons (Fsp3) is 0.444. The first-order valence-electron chi connectivity index (χ1n) is 8.52. The van der Waals surface area contributed by atoms with Gasteiger partial charge in [0.25, 0.3) is 0 Å². The fourth-order valence-electron chi connectivity index (χ4n) is 3.07. The summed E-state index contributed by atoms with van der Waals surface area (Å²) in [5.74, 6) is -0.289. The highest BCUT2D eigenvalue weighted by atomic mass is 35.5. The lowest BCUT2D eigenvalue weighted by Gasteiger charge is -2.36. The fourth-order valence-corrected chi connectivity index (χ4v) is 3.43. The van der Waals surface area contributed by atoms with Gasteiger partial charge >= 0.3 is 0 Å². The van der Waals surface area contributed by atoms with Crippen molar-refractivity contribution in [1.82, 2.24) is 19.6 Å². The molecule has 1 fully saturated rings. The Morgan fingerprint density at radius 3 is 2.50 bits per heavy atom. The third-order valence-corrected chi connectivity index (χ3v) is 5.46. The number of amides is 1. The lowest BCUT2D eigenvalue weighted by atomic mass is 10.1. The van der Waals surface area contributed by atoms with E-state index in [4.69, 9.17) is 23.2 Å². The van der Waals surface area contributed by atoms with Crippen molar-refractivity contribution >= 4 is 29.1 Å². The minimum atomic E-state index is -0.409. The molecule has 26 heavy (non-hydrogen) atoms. The van der Waals surface area contributed by atoms with Crippen LogP contribution in [0.5, 0.6) is 0 Å². The Hall–Kier alpha value is -1.63. The normalized spacial score (nSPS) is 16.7. The summed E-state index contributed by atoms with van der Waals surface area (Å²) in [5, 5.41) is 5.27. The van der Waals surface area contributed by atoms with E-state index in [2.05, 4.69) is 10.00 Å². The van der Waals surface area contributed by atoms with Crippen molar-refractivity contribution in [2.75, 3.05) is 26.2 Å². The topological polar surface area (TPSA) is 41.4 Å². The second kappa shape index (κ2) is 7.94. The summed E-state index contributed by atoms with van der Waals surface area (Å²) in [5.41, 5.74) is 1.21. The van der Waals surface area contributed by atoms with Crippen molar-refractivity contribution in [3.63, 3.8) is 0 Å². The van der Waals surface area contributed by atoms with Crippen LogP contribution < -0.4 is 0 Å². The average Bonchev–Trinajstić information content (AvgIpc) is 2.96. The molecule has 0 aliphatic carbocycles. The summed E-state index contributed by atoms with van der Waals surface area (Å²) in [6, 6.07) is 4.30. The number of hydrogen-bond acceptors (Lipinski definition) is 3. The van der Waals surface area contributed by atoms with Crippen LogP contribution >= 0.6 is 23.2 Å². The van der Waals surface area contributed by atoms with Crippen LogP contribution in [0.15, 0.2) is 24.4 Å². The molecule has 5 nitrogen and oxygen atoms in total. The lowest BCUT2D eigenvalue weighted by molar-refractivity contribution is -0.136. The molecule has 1 saturated heterocycles. The highest BCUT2D eigenvalue weighted by Crippen LogP contribution is 2.22. The molecule has 2 heterocycles. The zero-order valence-electron chi connectivity index (χ0n) is 14.8. The Bertz CT molecular complexity index is 763. The van der Waals surface area contributed by atoms with Crippen LogP contribution in [0.4, 0.5) is 4.39 Å². The molecule has 1 amide bonds. The average molecular weight is 399 g/mol. The Morgan fingerprint density at radius 2 is 1.92 bits per heavy atom. The van der Waals surface area contributed by atoms with Crippen LogP contribution in [0, 0.1) is 12.7 Å². The predicted octanol–water partition coefficient (Wildman–Crippen LogP) is 3.54. The third kappa shape index (κ3) is 4.03. The maximum absolute atomic E-state index is 13.9. The molecule has 1 aliphatic rings. The molecule has 1 aromatic heterocycles. The van der Waals surface area contributed by atoms with Crippen LogP contribution in [0.25, 0.3) is 0 Å². The van der Waals surface area contributed by atoms with E-state index in [0.29, 0.717) is 54.0 Å².